The fourth-order valence-electron chi connectivity index (χ4n) is 3.49. The van der Waals surface area contributed by atoms with Crippen LogP contribution in [0.5, 0.6) is 5.75 Å². The second-order valence-electron chi connectivity index (χ2n) is 7.27. The predicted molar refractivity (Wildman–Crippen MR) is 114 cm³/mol. The summed E-state index contributed by atoms with van der Waals surface area (Å²) in [7, 11) is 0. The van der Waals surface area contributed by atoms with E-state index < -0.39 is 6.10 Å². The molecule has 1 heterocycles. The minimum Gasteiger partial charge on any atom is -0.491 e. The number of nitrogens with zero attached hydrogens (tertiary/aromatic N) is 2. The summed E-state index contributed by atoms with van der Waals surface area (Å²) in [6.45, 7) is 3.15. The first-order valence-corrected chi connectivity index (χ1v) is 9.76. The third kappa shape index (κ3) is 4.25. The maximum absolute atomic E-state index is 10.5. The van der Waals surface area contributed by atoms with Crippen LogP contribution in [0.4, 0.5) is 0 Å². The highest BCUT2D eigenvalue weighted by molar-refractivity contribution is 5.76. The second kappa shape index (κ2) is 8.37. The van der Waals surface area contributed by atoms with Crippen LogP contribution in [0.3, 0.4) is 0 Å². The SMILES string of the molecule is Cc1ccc(Cn2c(=N)n(C[C@H](O)COc3ccccc3)c3ccccc32)cc1. The zero-order chi connectivity index (χ0) is 20.2. The molecule has 1 atom stereocenters. The van der Waals surface area contributed by atoms with Gasteiger partial charge in [-0.05, 0) is 36.8 Å². The van der Waals surface area contributed by atoms with Crippen molar-refractivity contribution in [1.29, 1.82) is 5.41 Å². The Morgan fingerprint density at radius 2 is 1.48 bits per heavy atom. The molecule has 0 spiro atoms. The maximum Gasteiger partial charge on any atom is 0.203 e. The molecule has 1 aromatic heterocycles. The number of para-hydroxylation sites is 3. The Balaban J connectivity index is 1.58. The van der Waals surface area contributed by atoms with E-state index in [0.29, 0.717) is 18.7 Å². The van der Waals surface area contributed by atoms with Crippen LogP contribution in [-0.4, -0.2) is 27.0 Å². The lowest BCUT2D eigenvalue weighted by molar-refractivity contribution is 0.0921. The van der Waals surface area contributed by atoms with Crippen LogP contribution >= 0.6 is 0 Å². The summed E-state index contributed by atoms with van der Waals surface area (Å²) < 4.78 is 9.50. The molecule has 29 heavy (non-hydrogen) atoms. The van der Waals surface area contributed by atoms with Gasteiger partial charge in [-0.15, -0.1) is 0 Å². The lowest BCUT2D eigenvalue weighted by atomic mass is 10.1. The smallest absolute Gasteiger partial charge is 0.203 e. The van der Waals surface area contributed by atoms with Gasteiger partial charge in [0.1, 0.15) is 18.5 Å². The average molecular weight is 387 g/mol. The van der Waals surface area contributed by atoms with E-state index in [-0.39, 0.29) is 6.61 Å². The molecular formula is C24H25N3O2. The standard InChI is InChI=1S/C24H25N3O2/c1-18-11-13-19(14-12-18)15-26-22-9-5-6-10-23(22)27(24(26)25)16-20(28)17-29-21-7-3-2-4-8-21/h2-14,20,25,28H,15-17H2,1H3/t20-/m0/s1. The van der Waals surface area contributed by atoms with Gasteiger partial charge in [0.25, 0.3) is 0 Å². The number of hydrogen-bond donors (Lipinski definition) is 2. The van der Waals surface area contributed by atoms with Crippen molar-refractivity contribution < 1.29 is 9.84 Å². The number of rotatable bonds is 7. The number of benzene rings is 3. The highest BCUT2D eigenvalue weighted by atomic mass is 16.5. The van der Waals surface area contributed by atoms with Gasteiger partial charge < -0.3 is 19.0 Å². The van der Waals surface area contributed by atoms with Crippen molar-refractivity contribution in [3.05, 3.63) is 95.6 Å². The molecule has 5 heteroatoms. The number of nitrogens with one attached hydrogen (secondary N) is 1. The molecule has 0 saturated heterocycles. The van der Waals surface area contributed by atoms with Gasteiger partial charge in [-0.25, -0.2) is 0 Å². The molecule has 0 aliphatic rings. The third-order valence-corrected chi connectivity index (χ3v) is 5.01. The van der Waals surface area contributed by atoms with E-state index in [1.807, 2.05) is 63.7 Å². The van der Waals surface area contributed by atoms with Gasteiger partial charge in [0.15, 0.2) is 0 Å². The molecule has 2 N–H and O–H groups in total. The van der Waals surface area contributed by atoms with Crippen molar-refractivity contribution >= 4 is 11.0 Å². The highest BCUT2D eigenvalue weighted by Gasteiger charge is 2.14. The highest BCUT2D eigenvalue weighted by Crippen LogP contribution is 2.16. The summed E-state index contributed by atoms with van der Waals surface area (Å²) in [5.74, 6) is 0.726. The molecule has 0 amide bonds. The summed E-state index contributed by atoms with van der Waals surface area (Å²) in [5.41, 5.74) is 4.64. The van der Waals surface area contributed by atoms with E-state index in [2.05, 4.69) is 31.2 Å². The van der Waals surface area contributed by atoms with E-state index in [9.17, 15) is 5.11 Å². The Kier molecular flexibility index (Phi) is 5.49. The van der Waals surface area contributed by atoms with Gasteiger partial charge in [-0.3, -0.25) is 5.41 Å². The molecule has 0 aliphatic heterocycles. The Labute approximate surface area is 169 Å². The number of ether oxygens (including phenoxy) is 1. The minimum absolute atomic E-state index is 0.175. The average Bonchev–Trinajstić information content (AvgIpc) is 3.00. The van der Waals surface area contributed by atoms with E-state index in [1.54, 1.807) is 0 Å². The van der Waals surface area contributed by atoms with Gasteiger partial charge in [0.2, 0.25) is 5.62 Å². The van der Waals surface area contributed by atoms with Crippen LogP contribution in [0.1, 0.15) is 11.1 Å². The molecule has 4 rings (SSSR count). The van der Waals surface area contributed by atoms with Crippen molar-refractivity contribution in [2.24, 2.45) is 0 Å². The van der Waals surface area contributed by atoms with E-state index in [1.165, 1.54) is 5.56 Å². The molecule has 4 aromatic rings. The van der Waals surface area contributed by atoms with Gasteiger partial charge in [0, 0.05) is 0 Å². The van der Waals surface area contributed by atoms with Gasteiger partial charge in [-0.1, -0.05) is 60.2 Å². The first kappa shape index (κ1) is 19.0. The molecular weight excluding hydrogens is 362 g/mol. The van der Waals surface area contributed by atoms with Gasteiger partial charge in [-0.2, -0.15) is 0 Å². The topological polar surface area (TPSA) is 63.2 Å². The Bertz CT molecular complexity index is 1140. The van der Waals surface area contributed by atoms with Crippen molar-refractivity contribution in [2.45, 2.75) is 26.1 Å². The lowest BCUT2D eigenvalue weighted by Gasteiger charge is -2.13. The van der Waals surface area contributed by atoms with Crippen LogP contribution in [0, 0.1) is 12.3 Å². The summed E-state index contributed by atoms with van der Waals surface area (Å²) in [5, 5.41) is 19.3. The molecule has 0 fully saturated rings. The first-order chi connectivity index (χ1) is 14.1. The molecule has 0 bridgehead atoms. The van der Waals surface area contributed by atoms with Crippen molar-refractivity contribution in [2.75, 3.05) is 6.61 Å². The zero-order valence-corrected chi connectivity index (χ0v) is 16.5. The largest absolute Gasteiger partial charge is 0.491 e. The zero-order valence-electron chi connectivity index (χ0n) is 16.5. The van der Waals surface area contributed by atoms with Crippen LogP contribution in [-0.2, 0) is 13.1 Å². The number of aryl methyl sites for hydroxylation is 1. The molecule has 0 aliphatic carbocycles. The number of aromatic nitrogens is 2. The summed E-state index contributed by atoms with van der Waals surface area (Å²) in [4.78, 5) is 0. The van der Waals surface area contributed by atoms with Crippen molar-refractivity contribution in [3.8, 4) is 5.75 Å². The number of hydrogen-bond acceptors (Lipinski definition) is 3. The molecule has 0 radical (unpaired) electrons. The Morgan fingerprint density at radius 1 is 0.862 bits per heavy atom. The minimum atomic E-state index is -0.720. The van der Waals surface area contributed by atoms with Crippen molar-refractivity contribution in [1.82, 2.24) is 9.13 Å². The number of imidazole rings is 1. The normalized spacial score (nSPS) is 12.2. The quantitative estimate of drug-likeness (QED) is 0.508. The number of aliphatic hydroxyl groups excluding tert-OH is 1. The van der Waals surface area contributed by atoms with E-state index in [4.69, 9.17) is 10.1 Å². The first-order valence-electron chi connectivity index (χ1n) is 9.76. The number of aliphatic hydroxyl groups is 1. The summed E-state index contributed by atoms with van der Waals surface area (Å²) in [6.07, 6.45) is -0.720. The second-order valence-corrected chi connectivity index (χ2v) is 7.27. The molecule has 0 saturated carbocycles. The van der Waals surface area contributed by atoms with Crippen molar-refractivity contribution in [3.63, 3.8) is 0 Å². The Morgan fingerprint density at radius 3 is 2.17 bits per heavy atom. The Hall–Kier alpha value is -3.31. The lowest BCUT2D eigenvalue weighted by Crippen LogP contribution is -2.31. The molecule has 148 valence electrons. The fraction of sp³-hybridized carbons (Fsp3) is 0.208. The maximum atomic E-state index is 10.5. The van der Waals surface area contributed by atoms with Gasteiger partial charge >= 0.3 is 0 Å². The summed E-state index contributed by atoms with van der Waals surface area (Å²) >= 11 is 0. The van der Waals surface area contributed by atoms with E-state index >= 15 is 0 Å². The van der Waals surface area contributed by atoms with Crippen LogP contribution in [0.15, 0.2) is 78.9 Å². The van der Waals surface area contributed by atoms with Crippen LogP contribution < -0.4 is 10.4 Å². The molecule has 0 unspecified atom stereocenters. The third-order valence-electron chi connectivity index (χ3n) is 5.01. The number of fused-ring (bicyclic) bond motifs is 1. The van der Waals surface area contributed by atoms with Gasteiger partial charge in [0.05, 0.1) is 24.1 Å². The molecule has 5 nitrogen and oxygen atoms in total. The fourth-order valence-corrected chi connectivity index (χ4v) is 3.49. The molecule has 3 aromatic carbocycles. The van der Waals surface area contributed by atoms with Crippen LogP contribution in [0.2, 0.25) is 0 Å². The summed E-state index contributed by atoms with van der Waals surface area (Å²) in [6, 6.07) is 25.8. The van der Waals surface area contributed by atoms with Crippen LogP contribution in [0.25, 0.3) is 11.0 Å². The van der Waals surface area contributed by atoms with E-state index in [0.717, 1.165) is 22.3 Å². The monoisotopic (exact) mass is 387 g/mol. The predicted octanol–water partition coefficient (Wildman–Crippen LogP) is 3.72.